The van der Waals surface area contributed by atoms with Crippen molar-refractivity contribution in [2.45, 2.75) is 38.3 Å². The Morgan fingerprint density at radius 2 is 1.86 bits per heavy atom. The molecule has 0 bridgehead atoms. The molecule has 1 aromatic carbocycles. The SMILES string of the molecule is Fc1cc(F)c(CN2CCCC(C3CCCN3)C2)cc1F. The van der Waals surface area contributed by atoms with Gasteiger partial charge in [0.15, 0.2) is 11.6 Å². The molecule has 0 spiro atoms. The normalized spacial score (nSPS) is 27.2. The quantitative estimate of drug-likeness (QED) is 0.863. The smallest absolute Gasteiger partial charge is 0.161 e. The van der Waals surface area contributed by atoms with Gasteiger partial charge in [0, 0.05) is 30.8 Å². The lowest BCUT2D eigenvalue weighted by Crippen LogP contribution is -2.43. The van der Waals surface area contributed by atoms with Crippen molar-refractivity contribution in [2.24, 2.45) is 5.92 Å². The molecule has 0 aliphatic carbocycles. The second kappa shape index (κ2) is 6.36. The van der Waals surface area contributed by atoms with Crippen LogP contribution < -0.4 is 5.32 Å². The molecule has 0 aromatic heterocycles. The topological polar surface area (TPSA) is 15.3 Å². The second-order valence-electron chi connectivity index (χ2n) is 6.20. The zero-order valence-corrected chi connectivity index (χ0v) is 12.0. The van der Waals surface area contributed by atoms with Crippen molar-refractivity contribution >= 4 is 0 Å². The van der Waals surface area contributed by atoms with E-state index in [0.29, 0.717) is 24.6 Å². The van der Waals surface area contributed by atoms with Crippen LogP contribution in [0.2, 0.25) is 0 Å². The lowest BCUT2D eigenvalue weighted by Gasteiger charge is -2.35. The molecule has 2 fully saturated rings. The number of rotatable bonds is 3. The maximum atomic E-state index is 13.7. The Bertz CT molecular complexity index is 501. The summed E-state index contributed by atoms with van der Waals surface area (Å²) < 4.78 is 40.0. The van der Waals surface area contributed by atoms with Crippen LogP contribution in [0, 0.1) is 23.4 Å². The van der Waals surface area contributed by atoms with Gasteiger partial charge in [-0.3, -0.25) is 4.90 Å². The zero-order chi connectivity index (χ0) is 14.8. The van der Waals surface area contributed by atoms with E-state index in [1.807, 2.05) is 0 Å². The van der Waals surface area contributed by atoms with E-state index in [0.717, 1.165) is 32.1 Å². The molecular formula is C16H21F3N2. The number of hydrogen-bond acceptors (Lipinski definition) is 2. The van der Waals surface area contributed by atoms with Gasteiger partial charge in [-0.15, -0.1) is 0 Å². The van der Waals surface area contributed by atoms with E-state index in [4.69, 9.17) is 0 Å². The fourth-order valence-electron chi connectivity index (χ4n) is 3.60. The summed E-state index contributed by atoms with van der Waals surface area (Å²) in [6, 6.07) is 2.19. The second-order valence-corrected chi connectivity index (χ2v) is 6.20. The fraction of sp³-hybridized carbons (Fsp3) is 0.625. The number of likely N-dealkylation sites (tertiary alicyclic amines) is 1. The summed E-state index contributed by atoms with van der Waals surface area (Å²) in [5.41, 5.74) is 0.244. The maximum Gasteiger partial charge on any atom is 0.161 e. The van der Waals surface area contributed by atoms with Gasteiger partial charge in [-0.25, -0.2) is 13.2 Å². The van der Waals surface area contributed by atoms with Crippen LogP contribution in [0.5, 0.6) is 0 Å². The third kappa shape index (κ3) is 3.40. The summed E-state index contributed by atoms with van der Waals surface area (Å²) in [4.78, 5) is 2.16. The van der Waals surface area contributed by atoms with Crippen molar-refractivity contribution in [1.82, 2.24) is 10.2 Å². The van der Waals surface area contributed by atoms with Gasteiger partial charge in [0.2, 0.25) is 0 Å². The van der Waals surface area contributed by atoms with Crippen LogP contribution in [0.4, 0.5) is 13.2 Å². The Labute approximate surface area is 123 Å². The van der Waals surface area contributed by atoms with E-state index in [1.165, 1.54) is 19.3 Å². The summed E-state index contributed by atoms with van der Waals surface area (Å²) in [5.74, 6) is -2.18. The maximum absolute atomic E-state index is 13.7. The minimum atomic E-state index is -1.12. The van der Waals surface area contributed by atoms with Gasteiger partial charge in [0.25, 0.3) is 0 Å². The number of nitrogens with one attached hydrogen (secondary N) is 1. The van der Waals surface area contributed by atoms with E-state index >= 15 is 0 Å². The van der Waals surface area contributed by atoms with Crippen molar-refractivity contribution in [2.75, 3.05) is 19.6 Å². The minimum Gasteiger partial charge on any atom is -0.314 e. The number of hydrogen-bond donors (Lipinski definition) is 1. The Morgan fingerprint density at radius 1 is 1.05 bits per heavy atom. The molecule has 21 heavy (non-hydrogen) atoms. The van der Waals surface area contributed by atoms with Gasteiger partial charge >= 0.3 is 0 Å². The number of benzene rings is 1. The third-order valence-corrected chi connectivity index (χ3v) is 4.69. The van der Waals surface area contributed by atoms with Gasteiger partial charge in [-0.2, -0.15) is 0 Å². The lowest BCUT2D eigenvalue weighted by molar-refractivity contribution is 0.144. The predicted molar refractivity (Wildman–Crippen MR) is 75.3 cm³/mol. The Balaban J connectivity index is 1.65. The average Bonchev–Trinajstić information content (AvgIpc) is 2.99. The molecule has 2 heterocycles. The van der Waals surface area contributed by atoms with E-state index in [9.17, 15) is 13.2 Å². The third-order valence-electron chi connectivity index (χ3n) is 4.69. The zero-order valence-electron chi connectivity index (χ0n) is 12.0. The molecule has 2 aliphatic rings. The molecule has 2 aliphatic heterocycles. The summed E-state index contributed by atoms with van der Waals surface area (Å²) >= 11 is 0. The first-order valence-corrected chi connectivity index (χ1v) is 7.72. The van der Waals surface area contributed by atoms with Crippen molar-refractivity contribution in [1.29, 1.82) is 0 Å². The van der Waals surface area contributed by atoms with Crippen molar-refractivity contribution in [3.05, 3.63) is 35.1 Å². The highest BCUT2D eigenvalue weighted by molar-refractivity contribution is 5.20. The van der Waals surface area contributed by atoms with Crippen molar-refractivity contribution < 1.29 is 13.2 Å². The van der Waals surface area contributed by atoms with Crippen LogP contribution in [-0.4, -0.2) is 30.6 Å². The molecule has 0 amide bonds. The molecule has 5 heteroatoms. The van der Waals surface area contributed by atoms with E-state index < -0.39 is 17.5 Å². The summed E-state index contributed by atoms with van der Waals surface area (Å²) in [7, 11) is 0. The minimum absolute atomic E-state index is 0.244. The number of halogens is 3. The molecule has 2 atom stereocenters. The molecule has 116 valence electrons. The number of nitrogens with zero attached hydrogens (tertiary/aromatic N) is 1. The number of piperidine rings is 1. The molecule has 3 rings (SSSR count). The van der Waals surface area contributed by atoms with Crippen LogP contribution in [0.15, 0.2) is 12.1 Å². The highest BCUT2D eigenvalue weighted by Gasteiger charge is 2.29. The molecular weight excluding hydrogens is 277 g/mol. The molecule has 2 unspecified atom stereocenters. The van der Waals surface area contributed by atoms with Gasteiger partial charge in [-0.05, 0) is 50.8 Å². The molecule has 0 radical (unpaired) electrons. The van der Waals surface area contributed by atoms with Crippen molar-refractivity contribution in [3.63, 3.8) is 0 Å². The first kappa shape index (κ1) is 14.9. The summed E-state index contributed by atoms with van der Waals surface area (Å²) in [6.45, 7) is 3.23. The van der Waals surface area contributed by atoms with Gasteiger partial charge in [0.1, 0.15) is 5.82 Å². The van der Waals surface area contributed by atoms with Crippen LogP contribution >= 0.6 is 0 Å². The van der Waals surface area contributed by atoms with E-state index in [-0.39, 0.29) is 5.56 Å². The largest absolute Gasteiger partial charge is 0.314 e. The van der Waals surface area contributed by atoms with E-state index in [1.54, 1.807) is 0 Å². The van der Waals surface area contributed by atoms with Crippen molar-refractivity contribution in [3.8, 4) is 0 Å². The Hall–Kier alpha value is -1.07. The van der Waals surface area contributed by atoms with Crippen LogP contribution in [-0.2, 0) is 6.54 Å². The highest BCUT2D eigenvalue weighted by Crippen LogP contribution is 2.26. The molecule has 0 saturated carbocycles. The molecule has 1 N–H and O–H groups in total. The fourth-order valence-corrected chi connectivity index (χ4v) is 3.60. The van der Waals surface area contributed by atoms with Gasteiger partial charge < -0.3 is 5.32 Å². The Kier molecular flexibility index (Phi) is 4.50. The van der Waals surface area contributed by atoms with Crippen LogP contribution in [0.25, 0.3) is 0 Å². The lowest BCUT2D eigenvalue weighted by atomic mass is 9.89. The average molecular weight is 298 g/mol. The highest BCUT2D eigenvalue weighted by atomic mass is 19.2. The first-order chi connectivity index (χ1) is 10.1. The van der Waals surface area contributed by atoms with Crippen LogP contribution in [0.3, 0.4) is 0 Å². The molecule has 2 nitrogen and oxygen atoms in total. The Morgan fingerprint density at radius 3 is 2.62 bits per heavy atom. The van der Waals surface area contributed by atoms with Gasteiger partial charge in [0.05, 0.1) is 0 Å². The molecule has 2 saturated heterocycles. The molecule has 1 aromatic rings. The monoisotopic (exact) mass is 298 g/mol. The standard InChI is InChI=1S/C16H21F3N2/c17-13-8-15(19)14(18)7-12(13)10-21-6-2-3-11(9-21)16-4-1-5-20-16/h7-8,11,16,20H,1-6,9-10H2. The summed E-state index contributed by atoms with van der Waals surface area (Å²) in [6.07, 6.45) is 4.69. The summed E-state index contributed by atoms with van der Waals surface area (Å²) in [5, 5.41) is 3.53. The van der Waals surface area contributed by atoms with Crippen LogP contribution in [0.1, 0.15) is 31.2 Å². The van der Waals surface area contributed by atoms with E-state index in [2.05, 4.69) is 10.2 Å². The predicted octanol–water partition coefficient (Wildman–Crippen LogP) is 3.07. The van der Waals surface area contributed by atoms with Gasteiger partial charge in [-0.1, -0.05) is 0 Å². The first-order valence-electron chi connectivity index (χ1n) is 7.72.